The third-order valence-electron chi connectivity index (χ3n) is 2.87. The minimum Gasteiger partial charge on any atom is -0.481 e. The average Bonchev–Trinajstić information content (AvgIpc) is 2.42. The van der Waals surface area contributed by atoms with Crippen molar-refractivity contribution in [3.8, 4) is 0 Å². The van der Waals surface area contributed by atoms with Gasteiger partial charge in [-0.05, 0) is 12.8 Å². The maximum absolute atomic E-state index is 10.4. The van der Waals surface area contributed by atoms with Gasteiger partial charge in [-0.25, -0.2) is 4.98 Å². The second-order valence-electron chi connectivity index (χ2n) is 4.03. The van der Waals surface area contributed by atoms with Gasteiger partial charge in [0.1, 0.15) is 5.82 Å². The van der Waals surface area contributed by atoms with Crippen molar-refractivity contribution < 1.29 is 9.90 Å². The largest absolute Gasteiger partial charge is 0.481 e. The Morgan fingerprint density at radius 3 is 2.87 bits per heavy atom. The third kappa shape index (κ3) is 2.16. The van der Waals surface area contributed by atoms with Gasteiger partial charge >= 0.3 is 5.97 Å². The molecule has 15 heavy (non-hydrogen) atoms. The molecule has 0 aromatic carbocycles. The van der Waals surface area contributed by atoms with Crippen LogP contribution < -0.4 is 0 Å². The normalized spacial score (nSPS) is 16.3. The molecule has 0 bridgehead atoms. The van der Waals surface area contributed by atoms with Crippen molar-refractivity contribution in [3.63, 3.8) is 0 Å². The Bertz CT molecular complexity index is 369. The number of hydrogen-bond donors (Lipinski definition) is 1. The van der Waals surface area contributed by atoms with Crippen LogP contribution in [0.15, 0.2) is 0 Å². The van der Waals surface area contributed by atoms with Crippen molar-refractivity contribution in [2.24, 2.45) is 7.05 Å². The predicted octanol–water partition coefficient (Wildman–Crippen LogP) is 1.10. The van der Waals surface area contributed by atoms with Crippen LogP contribution in [0.2, 0.25) is 0 Å². The number of carbonyl (C=O) groups is 1. The number of carboxylic acid groups (broad SMARTS) is 1. The van der Waals surface area contributed by atoms with E-state index in [4.69, 9.17) is 5.11 Å². The Balaban J connectivity index is 2.03. The number of nitrogens with zero attached hydrogens (tertiary/aromatic N) is 3. The third-order valence-corrected chi connectivity index (χ3v) is 2.87. The molecule has 1 aliphatic carbocycles. The van der Waals surface area contributed by atoms with Crippen molar-refractivity contribution in [1.82, 2.24) is 14.8 Å². The van der Waals surface area contributed by atoms with Gasteiger partial charge in [-0.2, -0.15) is 5.10 Å². The van der Waals surface area contributed by atoms with E-state index in [1.165, 1.54) is 19.3 Å². The van der Waals surface area contributed by atoms with Crippen LogP contribution >= 0.6 is 0 Å². The van der Waals surface area contributed by atoms with Crippen LogP contribution in [0.4, 0.5) is 0 Å². The molecule has 0 unspecified atom stereocenters. The first-order chi connectivity index (χ1) is 7.16. The Kier molecular flexibility index (Phi) is 2.70. The van der Waals surface area contributed by atoms with Crippen LogP contribution in [0.25, 0.3) is 0 Å². The predicted molar refractivity (Wildman–Crippen MR) is 53.6 cm³/mol. The van der Waals surface area contributed by atoms with E-state index < -0.39 is 5.97 Å². The summed E-state index contributed by atoms with van der Waals surface area (Å²) in [6.45, 7) is 0. The van der Waals surface area contributed by atoms with Gasteiger partial charge in [-0.3, -0.25) is 9.48 Å². The van der Waals surface area contributed by atoms with Gasteiger partial charge in [0.05, 0.1) is 6.42 Å². The lowest BCUT2D eigenvalue weighted by Gasteiger charge is -2.23. The second kappa shape index (κ2) is 4.00. The van der Waals surface area contributed by atoms with E-state index in [9.17, 15) is 4.79 Å². The summed E-state index contributed by atoms with van der Waals surface area (Å²) >= 11 is 0. The first-order valence-corrected chi connectivity index (χ1v) is 5.28. The van der Waals surface area contributed by atoms with Gasteiger partial charge in [-0.1, -0.05) is 6.42 Å². The fourth-order valence-electron chi connectivity index (χ4n) is 1.80. The molecule has 5 heteroatoms. The number of aromatic nitrogens is 3. The highest BCUT2D eigenvalue weighted by Gasteiger charge is 2.24. The van der Waals surface area contributed by atoms with E-state index in [0.29, 0.717) is 18.2 Å². The number of carboxylic acids is 1. The van der Waals surface area contributed by atoms with Crippen molar-refractivity contribution in [3.05, 3.63) is 11.6 Å². The van der Waals surface area contributed by atoms with E-state index in [2.05, 4.69) is 10.1 Å². The molecule has 1 aliphatic rings. The van der Waals surface area contributed by atoms with Gasteiger partial charge < -0.3 is 5.11 Å². The zero-order valence-electron chi connectivity index (χ0n) is 8.81. The number of aryl methyl sites for hydroxylation is 2. The molecule has 1 N–H and O–H groups in total. The van der Waals surface area contributed by atoms with Gasteiger partial charge in [0.25, 0.3) is 0 Å². The summed E-state index contributed by atoms with van der Waals surface area (Å²) < 4.78 is 1.79. The van der Waals surface area contributed by atoms with Crippen LogP contribution in [0.5, 0.6) is 0 Å². The standard InChI is InChI=1S/C10H15N3O2/c1-13-10(7-3-2-4-7)11-8(12-13)5-6-9(14)15/h7H,2-6H2,1H3,(H,14,15). The number of hydrogen-bond acceptors (Lipinski definition) is 3. The highest BCUT2D eigenvalue weighted by molar-refractivity contribution is 5.66. The summed E-state index contributed by atoms with van der Waals surface area (Å²) in [5.41, 5.74) is 0. The maximum Gasteiger partial charge on any atom is 0.303 e. The summed E-state index contributed by atoms with van der Waals surface area (Å²) in [5, 5.41) is 12.8. The van der Waals surface area contributed by atoms with Gasteiger partial charge in [0.15, 0.2) is 5.82 Å². The topological polar surface area (TPSA) is 68.0 Å². The molecule has 0 aliphatic heterocycles. The first kappa shape index (κ1) is 10.1. The fourth-order valence-corrected chi connectivity index (χ4v) is 1.80. The quantitative estimate of drug-likeness (QED) is 0.806. The Morgan fingerprint density at radius 1 is 1.60 bits per heavy atom. The van der Waals surface area contributed by atoms with E-state index in [0.717, 1.165) is 5.82 Å². The average molecular weight is 209 g/mol. The lowest BCUT2D eigenvalue weighted by Crippen LogP contribution is -2.14. The Labute approximate surface area is 88.1 Å². The van der Waals surface area contributed by atoms with Gasteiger partial charge in [-0.15, -0.1) is 0 Å². The van der Waals surface area contributed by atoms with Gasteiger partial charge in [0.2, 0.25) is 0 Å². The van der Waals surface area contributed by atoms with E-state index >= 15 is 0 Å². The molecule has 82 valence electrons. The monoisotopic (exact) mass is 209 g/mol. The van der Waals surface area contributed by atoms with Crippen LogP contribution in [-0.4, -0.2) is 25.8 Å². The molecular formula is C10H15N3O2. The highest BCUT2D eigenvalue weighted by atomic mass is 16.4. The van der Waals surface area contributed by atoms with Crippen LogP contribution in [0.3, 0.4) is 0 Å². The molecule has 1 aromatic heterocycles. The molecule has 1 aromatic rings. The first-order valence-electron chi connectivity index (χ1n) is 5.28. The Morgan fingerprint density at radius 2 is 2.33 bits per heavy atom. The molecule has 0 spiro atoms. The fraction of sp³-hybridized carbons (Fsp3) is 0.700. The summed E-state index contributed by atoms with van der Waals surface area (Å²) in [5.74, 6) is 1.41. The van der Waals surface area contributed by atoms with E-state index in [-0.39, 0.29) is 6.42 Å². The zero-order chi connectivity index (χ0) is 10.8. The summed E-state index contributed by atoms with van der Waals surface area (Å²) in [4.78, 5) is 14.8. The molecule has 0 saturated heterocycles. The molecule has 1 fully saturated rings. The van der Waals surface area contributed by atoms with Crippen LogP contribution in [0, 0.1) is 0 Å². The van der Waals surface area contributed by atoms with Crippen LogP contribution in [0.1, 0.15) is 43.3 Å². The summed E-state index contributed by atoms with van der Waals surface area (Å²) in [6, 6.07) is 0. The van der Waals surface area contributed by atoms with Crippen LogP contribution in [-0.2, 0) is 18.3 Å². The smallest absolute Gasteiger partial charge is 0.303 e. The molecule has 0 amide bonds. The zero-order valence-corrected chi connectivity index (χ0v) is 8.81. The van der Waals surface area contributed by atoms with Gasteiger partial charge in [0, 0.05) is 19.4 Å². The molecule has 0 radical (unpaired) electrons. The van der Waals surface area contributed by atoms with E-state index in [1.807, 2.05) is 7.05 Å². The second-order valence-corrected chi connectivity index (χ2v) is 4.03. The molecule has 2 rings (SSSR count). The molecule has 1 heterocycles. The Hall–Kier alpha value is -1.39. The number of rotatable bonds is 4. The lowest BCUT2D eigenvalue weighted by atomic mass is 9.85. The molecule has 0 atom stereocenters. The minimum atomic E-state index is -0.798. The van der Waals surface area contributed by atoms with Crippen molar-refractivity contribution >= 4 is 5.97 Å². The van der Waals surface area contributed by atoms with Crippen molar-refractivity contribution in [2.45, 2.75) is 38.0 Å². The molecule has 1 saturated carbocycles. The minimum absolute atomic E-state index is 0.105. The lowest BCUT2D eigenvalue weighted by molar-refractivity contribution is -0.137. The summed E-state index contributed by atoms with van der Waals surface area (Å²) in [6.07, 6.45) is 4.17. The maximum atomic E-state index is 10.4. The highest BCUT2D eigenvalue weighted by Crippen LogP contribution is 2.34. The SMILES string of the molecule is Cn1nc(CCC(=O)O)nc1C1CCC1. The molecular weight excluding hydrogens is 194 g/mol. The van der Waals surface area contributed by atoms with Crippen molar-refractivity contribution in [2.75, 3.05) is 0 Å². The number of aliphatic carboxylic acids is 1. The summed E-state index contributed by atoms with van der Waals surface area (Å²) in [7, 11) is 1.88. The molecule has 5 nitrogen and oxygen atoms in total. The van der Waals surface area contributed by atoms with Crippen molar-refractivity contribution in [1.29, 1.82) is 0 Å². The van der Waals surface area contributed by atoms with E-state index in [1.54, 1.807) is 4.68 Å².